The molecule has 0 fully saturated rings. The molecule has 9 nitrogen and oxygen atoms in total. The van der Waals surface area contributed by atoms with Crippen molar-refractivity contribution in [3.05, 3.63) is 91.8 Å². The van der Waals surface area contributed by atoms with Gasteiger partial charge >= 0.3 is 5.97 Å². The molecule has 3 aromatic carbocycles. The van der Waals surface area contributed by atoms with Gasteiger partial charge in [-0.3, -0.25) is 10.1 Å². The lowest BCUT2D eigenvalue weighted by Crippen LogP contribution is -1.98. The van der Waals surface area contributed by atoms with Gasteiger partial charge in [0.05, 0.1) is 17.6 Å². The van der Waals surface area contributed by atoms with Crippen molar-refractivity contribution in [1.82, 2.24) is 10.2 Å². The molecule has 12 heteroatoms. The second-order valence-electron chi connectivity index (χ2n) is 7.53. The van der Waals surface area contributed by atoms with E-state index in [9.17, 15) is 20.0 Å². The maximum atomic E-state index is 12.1. The van der Waals surface area contributed by atoms with Gasteiger partial charge in [-0.1, -0.05) is 41.1 Å². The number of carboxylic acid groups (broad SMARTS) is 1. The fourth-order valence-electron chi connectivity index (χ4n) is 3.17. The molecular weight excluding hydrogens is 538 g/mol. The number of rotatable bonds is 9. The molecule has 0 unspecified atom stereocenters. The number of hydrogen-bond donors (Lipinski definition) is 1. The smallest absolute Gasteiger partial charge is 0.342 e. The average molecular weight is 556 g/mol. The Labute approximate surface area is 224 Å². The highest BCUT2D eigenvalue weighted by molar-refractivity contribution is 8.03. The van der Waals surface area contributed by atoms with Gasteiger partial charge in [-0.05, 0) is 66.7 Å². The molecule has 0 atom stereocenters. The molecular formula is C25H18ClN3O6S2. The van der Waals surface area contributed by atoms with E-state index in [1.54, 1.807) is 24.3 Å². The second-order valence-corrected chi connectivity index (χ2v) is 10.1. The summed E-state index contributed by atoms with van der Waals surface area (Å²) in [4.78, 5) is 24.3. The first-order valence-corrected chi connectivity index (χ1v) is 12.6. The number of thioether (sulfide) groups is 1. The molecule has 0 saturated carbocycles. The molecule has 0 aliphatic rings. The Morgan fingerprint density at radius 1 is 1.14 bits per heavy atom. The van der Waals surface area contributed by atoms with Gasteiger partial charge in [-0.2, -0.15) is 0 Å². The number of benzene rings is 3. The van der Waals surface area contributed by atoms with Crippen molar-refractivity contribution in [2.75, 3.05) is 7.11 Å². The van der Waals surface area contributed by atoms with E-state index < -0.39 is 10.9 Å². The van der Waals surface area contributed by atoms with Crippen LogP contribution in [0.15, 0.2) is 85.0 Å². The number of nitrogens with zero attached hydrogens (tertiary/aromatic N) is 3. The number of nitro benzene ring substituents is 1. The minimum atomic E-state index is -1.26. The van der Waals surface area contributed by atoms with Gasteiger partial charge in [-0.25, -0.2) is 4.79 Å². The van der Waals surface area contributed by atoms with Crippen LogP contribution in [-0.2, 0) is 4.79 Å². The van der Waals surface area contributed by atoms with E-state index in [-0.39, 0.29) is 21.7 Å². The standard InChI is InChI=1S/C25H18ClN3O6S2/c1-14-3-7-18(8-4-14)36-21-10-6-17(29(32)33)11-15(21)12-22(24(30)31)37-25-28-27-23(35-25)19-13-16(26)5-9-20(19)34-2/h3-13H,1-2H3,(H,30,31)/b22-12+. The molecule has 1 aromatic heterocycles. The summed E-state index contributed by atoms with van der Waals surface area (Å²) in [5.74, 6) is -0.714. The number of halogens is 1. The van der Waals surface area contributed by atoms with E-state index >= 15 is 0 Å². The molecule has 0 spiro atoms. The Hall–Kier alpha value is -3.80. The Morgan fingerprint density at radius 3 is 2.57 bits per heavy atom. The Bertz CT molecular complexity index is 1500. The van der Waals surface area contributed by atoms with E-state index in [2.05, 4.69) is 10.2 Å². The van der Waals surface area contributed by atoms with Crippen LogP contribution in [0.25, 0.3) is 17.5 Å². The summed E-state index contributed by atoms with van der Waals surface area (Å²) in [7, 11) is 1.48. The maximum Gasteiger partial charge on any atom is 0.342 e. The zero-order valence-corrected chi connectivity index (χ0v) is 21.8. The van der Waals surface area contributed by atoms with Crippen LogP contribution < -0.4 is 4.74 Å². The highest BCUT2D eigenvalue weighted by atomic mass is 35.5. The molecule has 0 aliphatic carbocycles. The summed E-state index contributed by atoms with van der Waals surface area (Å²) in [6, 6.07) is 16.9. The average Bonchev–Trinajstić information content (AvgIpc) is 3.34. The van der Waals surface area contributed by atoms with E-state index in [0.717, 1.165) is 22.2 Å². The lowest BCUT2D eigenvalue weighted by atomic mass is 10.2. The van der Waals surface area contributed by atoms with E-state index in [1.165, 1.54) is 37.1 Å². The summed E-state index contributed by atoms with van der Waals surface area (Å²) in [6.45, 7) is 1.97. The molecule has 1 heterocycles. The number of nitro groups is 1. The van der Waals surface area contributed by atoms with Gasteiger partial charge in [0, 0.05) is 26.9 Å². The Morgan fingerprint density at radius 2 is 1.89 bits per heavy atom. The zero-order chi connectivity index (χ0) is 26.5. The summed E-state index contributed by atoms with van der Waals surface area (Å²) in [5.41, 5.74) is 1.74. The number of aliphatic carboxylic acids is 1. The van der Waals surface area contributed by atoms with Crippen molar-refractivity contribution in [2.24, 2.45) is 0 Å². The van der Waals surface area contributed by atoms with Crippen LogP contribution in [0.1, 0.15) is 11.1 Å². The highest BCUT2D eigenvalue weighted by Crippen LogP contribution is 2.38. The molecule has 0 saturated heterocycles. The first-order valence-electron chi connectivity index (χ1n) is 10.6. The Balaban J connectivity index is 1.69. The highest BCUT2D eigenvalue weighted by Gasteiger charge is 2.20. The van der Waals surface area contributed by atoms with Gasteiger partial charge in [0.1, 0.15) is 10.7 Å². The molecule has 0 radical (unpaired) electrons. The minimum Gasteiger partial charge on any atom is -0.496 e. The molecule has 188 valence electrons. The fourth-order valence-corrected chi connectivity index (χ4v) is 4.90. The van der Waals surface area contributed by atoms with Crippen LogP contribution in [0.5, 0.6) is 5.75 Å². The van der Waals surface area contributed by atoms with E-state index in [0.29, 0.717) is 26.8 Å². The van der Waals surface area contributed by atoms with Crippen LogP contribution in [0.3, 0.4) is 0 Å². The third-order valence-electron chi connectivity index (χ3n) is 4.95. The largest absolute Gasteiger partial charge is 0.496 e. The van der Waals surface area contributed by atoms with Gasteiger partial charge in [0.15, 0.2) is 0 Å². The van der Waals surface area contributed by atoms with Gasteiger partial charge in [0.2, 0.25) is 0 Å². The lowest BCUT2D eigenvalue weighted by Gasteiger charge is -2.08. The number of carboxylic acids is 1. The van der Waals surface area contributed by atoms with Crippen LogP contribution in [0.4, 0.5) is 5.69 Å². The predicted molar refractivity (Wildman–Crippen MR) is 141 cm³/mol. The number of carbonyl (C=O) groups is 1. The fraction of sp³-hybridized carbons (Fsp3) is 0.0800. The molecule has 0 aliphatic heterocycles. The van der Waals surface area contributed by atoms with Gasteiger partial charge < -0.3 is 14.3 Å². The first-order chi connectivity index (χ1) is 17.7. The summed E-state index contributed by atoms with van der Waals surface area (Å²) < 4.78 is 11.0. The lowest BCUT2D eigenvalue weighted by molar-refractivity contribution is -0.384. The molecule has 0 bridgehead atoms. The first kappa shape index (κ1) is 26.3. The van der Waals surface area contributed by atoms with Crippen molar-refractivity contribution < 1.29 is 24.0 Å². The van der Waals surface area contributed by atoms with Crippen LogP contribution in [0.2, 0.25) is 5.02 Å². The number of aryl methyl sites for hydroxylation is 1. The molecule has 4 rings (SSSR count). The van der Waals surface area contributed by atoms with Crippen molar-refractivity contribution >= 4 is 52.9 Å². The maximum absolute atomic E-state index is 12.1. The second kappa shape index (κ2) is 11.5. The van der Waals surface area contributed by atoms with Crippen LogP contribution in [-0.4, -0.2) is 33.3 Å². The zero-order valence-electron chi connectivity index (χ0n) is 19.4. The van der Waals surface area contributed by atoms with Crippen LogP contribution >= 0.6 is 35.1 Å². The minimum absolute atomic E-state index is 0.0381. The van der Waals surface area contributed by atoms with Crippen LogP contribution in [0, 0.1) is 17.0 Å². The van der Waals surface area contributed by atoms with E-state index in [4.69, 9.17) is 20.8 Å². The molecule has 1 N–H and O–H groups in total. The molecule has 0 amide bonds. The van der Waals surface area contributed by atoms with Gasteiger partial charge in [0.25, 0.3) is 16.8 Å². The number of hydrogen-bond acceptors (Lipinski definition) is 9. The molecule has 4 aromatic rings. The monoisotopic (exact) mass is 555 g/mol. The SMILES string of the molecule is COc1ccc(Cl)cc1-c1nnc(S/C(=C/c2cc([N+](=O)[O-])ccc2Sc2ccc(C)cc2)C(=O)O)o1. The van der Waals surface area contributed by atoms with E-state index in [1.807, 2.05) is 31.2 Å². The summed E-state index contributed by atoms with van der Waals surface area (Å²) in [5, 5.41) is 29.6. The quantitative estimate of drug-likeness (QED) is 0.0998. The number of non-ortho nitro benzene ring substituents is 1. The van der Waals surface area contributed by atoms with Crippen molar-refractivity contribution in [1.29, 1.82) is 0 Å². The summed E-state index contributed by atoms with van der Waals surface area (Å²) in [6.07, 6.45) is 1.35. The molecule has 37 heavy (non-hydrogen) atoms. The number of aromatic nitrogens is 2. The number of methoxy groups -OCH3 is 1. The number of ether oxygens (including phenoxy) is 1. The van der Waals surface area contributed by atoms with Crippen molar-refractivity contribution in [3.8, 4) is 17.2 Å². The third-order valence-corrected chi connectivity index (χ3v) is 7.13. The normalized spacial score (nSPS) is 11.4. The van der Waals surface area contributed by atoms with Crippen molar-refractivity contribution in [2.45, 2.75) is 21.9 Å². The third kappa shape index (κ3) is 6.50. The van der Waals surface area contributed by atoms with Gasteiger partial charge in [-0.15, -0.1) is 10.2 Å². The topological polar surface area (TPSA) is 129 Å². The van der Waals surface area contributed by atoms with Crippen molar-refractivity contribution in [3.63, 3.8) is 0 Å². The predicted octanol–water partition coefficient (Wildman–Crippen LogP) is 6.98. The summed E-state index contributed by atoms with van der Waals surface area (Å²) >= 11 is 8.16. The Kier molecular flexibility index (Phi) is 8.17.